The average Bonchev–Trinajstić information content (AvgIpc) is 2.90. The molecule has 18 heavy (non-hydrogen) atoms. The first-order valence-electron chi connectivity index (χ1n) is 5.59. The van der Waals surface area contributed by atoms with Gasteiger partial charge in [0.2, 0.25) is 0 Å². The van der Waals surface area contributed by atoms with E-state index in [1.807, 2.05) is 0 Å². The summed E-state index contributed by atoms with van der Waals surface area (Å²) < 4.78 is 0. The molecule has 0 atom stereocenters. The number of rotatable bonds is 4. The molecule has 0 bridgehead atoms. The molecule has 1 amide bonds. The van der Waals surface area contributed by atoms with Crippen LogP contribution in [0, 0.1) is 0 Å². The van der Waals surface area contributed by atoms with E-state index in [9.17, 15) is 4.79 Å². The van der Waals surface area contributed by atoms with Gasteiger partial charge in [-0.05, 0) is 12.1 Å². The first kappa shape index (κ1) is 12.3. The van der Waals surface area contributed by atoms with Crippen LogP contribution in [0.1, 0.15) is 21.6 Å². The molecule has 0 saturated carbocycles. The van der Waals surface area contributed by atoms with Crippen LogP contribution in [0.25, 0.3) is 0 Å². The van der Waals surface area contributed by atoms with Crippen LogP contribution in [0.3, 0.4) is 0 Å². The zero-order chi connectivity index (χ0) is 13.0. The number of hydrogen-bond acceptors (Lipinski definition) is 4. The molecule has 2 aromatic heterocycles. The summed E-state index contributed by atoms with van der Waals surface area (Å²) in [5, 5.41) is 6.56. The lowest BCUT2D eigenvalue weighted by Gasteiger charge is -2.16. The fraction of sp³-hybridized carbons (Fsp3) is 0.250. The van der Waals surface area contributed by atoms with Crippen LogP contribution in [0.4, 0.5) is 0 Å². The highest BCUT2D eigenvalue weighted by Gasteiger charge is 2.12. The molecule has 3 N–H and O–H groups in total. The highest BCUT2D eigenvalue weighted by Crippen LogP contribution is 2.08. The molecule has 0 fully saturated rings. The van der Waals surface area contributed by atoms with Gasteiger partial charge < -0.3 is 10.6 Å². The minimum atomic E-state index is -0.0618. The Bertz CT molecular complexity index is 523. The van der Waals surface area contributed by atoms with Crippen LogP contribution < -0.4 is 5.73 Å². The van der Waals surface area contributed by atoms with E-state index in [1.54, 1.807) is 42.7 Å². The van der Waals surface area contributed by atoms with Gasteiger partial charge in [0.15, 0.2) is 0 Å². The van der Waals surface area contributed by atoms with Gasteiger partial charge in [-0.15, -0.1) is 0 Å². The van der Waals surface area contributed by atoms with Gasteiger partial charge in [0.1, 0.15) is 0 Å². The van der Waals surface area contributed by atoms with E-state index < -0.39 is 0 Å². The fourth-order valence-electron chi connectivity index (χ4n) is 1.65. The summed E-state index contributed by atoms with van der Waals surface area (Å²) in [5.74, 6) is -0.0618. The van der Waals surface area contributed by atoms with Crippen LogP contribution in [-0.4, -0.2) is 33.0 Å². The smallest absolute Gasteiger partial charge is 0.254 e. The second-order valence-electron chi connectivity index (χ2n) is 4.01. The molecule has 2 aromatic rings. The normalized spacial score (nSPS) is 10.3. The number of aromatic nitrogens is 3. The summed E-state index contributed by atoms with van der Waals surface area (Å²) in [6.45, 7) is 0.835. The maximum absolute atomic E-state index is 12.2. The van der Waals surface area contributed by atoms with Crippen molar-refractivity contribution in [3.63, 3.8) is 0 Å². The number of aromatic amines is 1. The molecule has 6 nitrogen and oxygen atoms in total. The summed E-state index contributed by atoms with van der Waals surface area (Å²) in [5.41, 5.74) is 7.76. The Labute approximate surface area is 105 Å². The predicted molar refractivity (Wildman–Crippen MR) is 66.5 cm³/mol. The Morgan fingerprint density at radius 3 is 3.06 bits per heavy atom. The van der Waals surface area contributed by atoms with Crippen molar-refractivity contribution in [2.24, 2.45) is 5.73 Å². The number of carbonyl (C=O) groups excluding carboxylic acids is 1. The van der Waals surface area contributed by atoms with Crippen molar-refractivity contribution in [1.29, 1.82) is 0 Å². The Morgan fingerprint density at radius 1 is 1.56 bits per heavy atom. The molecule has 0 aliphatic rings. The van der Waals surface area contributed by atoms with Crippen LogP contribution in [-0.2, 0) is 13.1 Å². The van der Waals surface area contributed by atoms with E-state index in [0.717, 1.165) is 5.56 Å². The second kappa shape index (κ2) is 5.42. The summed E-state index contributed by atoms with van der Waals surface area (Å²) >= 11 is 0. The number of nitrogens with zero attached hydrogens (tertiary/aromatic N) is 3. The maximum atomic E-state index is 12.2. The van der Waals surface area contributed by atoms with Crippen molar-refractivity contribution in [1.82, 2.24) is 20.1 Å². The summed E-state index contributed by atoms with van der Waals surface area (Å²) in [6, 6.07) is 3.40. The third kappa shape index (κ3) is 2.72. The van der Waals surface area contributed by atoms with E-state index in [0.29, 0.717) is 24.3 Å². The van der Waals surface area contributed by atoms with Crippen LogP contribution in [0.2, 0.25) is 0 Å². The molecule has 0 aliphatic carbocycles. The van der Waals surface area contributed by atoms with E-state index in [4.69, 9.17) is 5.73 Å². The van der Waals surface area contributed by atoms with E-state index >= 15 is 0 Å². The number of pyridine rings is 1. The molecule has 94 valence electrons. The first-order valence-corrected chi connectivity index (χ1v) is 5.59. The average molecular weight is 245 g/mol. The van der Waals surface area contributed by atoms with Crippen molar-refractivity contribution >= 4 is 5.91 Å². The van der Waals surface area contributed by atoms with Crippen LogP contribution in [0.15, 0.2) is 30.7 Å². The zero-order valence-corrected chi connectivity index (χ0v) is 10.1. The van der Waals surface area contributed by atoms with Gasteiger partial charge >= 0.3 is 0 Å². The molecule has 0 saturated heterocycles. The van der Waals surface area contributed by atoms with Gasteiger partial charge in [-0.2, -0.15) is 5.10 Å². The zero-order valence-electron chi connectivity index (χ0n) is 10.1. The molecule has 0 radical (unpaired) electrons. The van der Waals surface area contributed by atoms with Crippen molar-refractivity contribution < 1.29 is 4.79 Å². The number of amides is 1. The quantitative estimate of drug-likeness (QED) is 0.822. The highest BCUT2D eigenvalue weighted by molar-refractivity contribution is 5.94. The van der Waals surface area contributed by atoms with Crippen molar-refractivity contribution in [3.05, 3.63) is 47.5 Å². The molecule has 0 unspecified atom stereocenters. The topological polar surface area (TPSA) is 87.9 Å². The first-order chi connectivity index (χ1) is 8.70. The third-order valence-electron chi connectivity index (χ3n) is 2.59. The van der Waals surface area contributed by atoms with E-state index in [-0.39, 0.29) is 5.91 Å². The highest BCUT2D eigenvalue weighted by atomic mass is 16.2. The molecule has 6 heteroatoms. The van der Waals surface area contributed by atoms with Gasteiger partial charge in [0, 0.05) is 43.7 Å². The number of nitrogens with two attached hydrogens (primary N) is 1. The second-order valence-corrected chi connectivity index (χ2v) is 4.01. The standard InChI is InChI=1S/C12H15N5O/c1-17(8-9-6-15-16-7-9)12(18)10-2-3-14-11(4-10)5-13/h2-4,6-7H,5,8,13H2,1H3,(H,15,16). The van der Waals surface area contributed by atoms with Crippen molar-refractivity contribution in [2.45, 2.75) is 13.1 Å². The lowest BCUT2D eigenvalue weighted by Crippen LogP contribution is -2.26. The molecule has 0 spiro atoms. The van der Waals surface area contributed by atoms with Gasteiger partial charge in [0.25, 0.3) is 5.91 Å². The number of hydrogen-bond donors (Lipinski definition) is 2. The molecule has 2 heterocycles. The number of carbonyl (C=O) groups is 1. The molecular weight excluding hydrogens is 230 g/mol. The minimum Gasteiger partial charge on any atom is -0.337 e. The maximum Gasteiger partial charge on any atom is 0.254 e. The Morgan fingerprint density at radius 2 is 2.39 bits per heavy atom. The van der Waals surface area contributed by atoms with Crippen LogP contribution >= 0.6 is 0 Å². The summed E-state index contributed by atoms with van der Waals surface area (Å²) in [7, 11) is 1.75. The van der Waals surface area contributed by atoms with Crippen molar-refractivity contribution in [3.8, 4) is 0 Å². The van der Waals surface area contributed by atoms with Crippen LogP contribution in [0.5, 0.6) is 0 Å². The van der Waals surface area contributed by atoms with E-state index in [2.05, 4.69) is 15.2 Å². The molecule has 2 rings (SSSR count). The molecular formula is C12H15N5O. The lowest BCUT2D eigenvalue weighted by molar-refractivity contribution is 0.0785. The Balaban J connectivity index is 2.10. The van der Waals surface area contributed by atoms with Gasteiger partial charge in [0.05, 0.1) is 11.9 Å². The molecule has 0 aliphatic heterocycles. The monoisotopic (exact) mass is 245 g/mol. The Kier molecular flexibility index (Phi) is 3.69. The number of nitrogens with one attached hydrogen (secondary N) is 1. The van der Waals surface area contributed by atoms with E-state index in [1.165, 1.54) is 0 Å². The van der Waals surface area contributed by atoms with Gasteiger partial charge in [-0.25, -0.2) is 0 Å². The summed E-state index contributed by atoms with van der Waals surface area (Å²) in [6.07, 6.45) is 5.06. The molecule has 0 aromatic carbocycles. The van der Waals surface area contributed by atoms with Gasteiger partial charge in [-0.3, -0.25) is 14.9 Å². The number of H-pyrrole nitrogens is 1. The fourth-order valence-corrected chi connectivity index (χ4v) is 1.65. The van der Waals surface area contributed by atoms with Gasteiger partial charge in [-0.1, -0.05) is 0 Å². The Hall–Kier alpha value is -2.21. The third-order valence-corrected chi connectivity index (χ3v) is 2.59. The van der Waals surface area contributed by atoms with Crippen molar-refractivity contribution in [2.75, 3.05) is 7.05 Å². The lowest BCUT2D eigenvalue weighted by atomic mass is 10.2. The largest absolute Gasteiger partial charge is 0.337 e. The summed E-state index contributed by atoms with van der Waals surface area (Å²) in [4.78, 5) is 17.9. The predicted octanol–water partition coefficient (Wildman–Crippen LogP) is 0.536. The minimum absolute atomic E-state index is 0.0618. The SMILES string of the molecule is CN(Cc1cn[nH]c1)C(=O)c1ccnc(CN)c1.